The van der Waals surface area contributed by atoms with Crippen molar-refractivity contribution in [1.82, 2.24) is 20.8 Å². The number of aliphatic hydroxyl groups excluding tert-OH is 1. The summed E-state index contributed by atoms with van der Waals surface area (Å²) in [5.74, 6) is 1.98. The fraction of sp³-hybridized carbons (Fsp3) is 0.375. The second-order valence-electron chi connectivity index (χ2n) is 7.33. The number of benzene rings is 2. The van der Waals surface area contributed by atoms with Crippen molar-refractivity contribution in [3.63, 3.8) is 0 Å². The van der Waals surface area contributed by atoms with Crippen LogP contribution >= 0.6 is 24.0 Å². The van der Waals surface area contributed by atoms with E-state index >= 15 is 0 Å². The van der Waals surface area contributed by atoms with Crippen LogP contribution in [0.5, 0.6) is 0 Å². The normalized spacial score (nSPS) is 12.2. The van der Waals surface area contributed by atoms with Gasteiger partial charge in [0.2, 0.25) is 0 Å². The maximum absolute atomic E-state index is 9.78. The Hall–Kier alpha value is -2.46. The maximum Gasteiger partial charge on any atom is 0.257 e. The van der Waals surface area contributed by atoms with E-state index in [0.717, 1.165) is 41.9 Å². The first-order valence-corrected chi connectivity index (χ1v) is 10.8. The van der Waals surface area contributed by atoms with Crippen LogP contribution < -0.4 is 10.6 Å². The van der Waals surface area contributed by atoms with E-state index in [2.05, 4.69) is 27.7 Å². The smallest absolute Gasteiger partial charge is 0.257 e. The summed E-state index contributed by atoms with van der Waals surface area (Å²) in [6, 6.07) is 18.0. The minimum absolute atomic E-state index is 0. The number of nitrogens with one attached hydrogen (secondary N) is 2. The third-order valence-corrected chi connectivity index (χ3v) is 4.89. The zero-order chi connectivity index (χ0) is 21.9. The lowest BCUT2D eigenvalue weighted by molar-refractivity contribution is 0.265. The molecule has 1 unspecified atom stereocenters. The summed E-state index contributed by atoms with van der Waals surface area (Å²) < 4.78 is 5.40. The van der Waals surface area contributed by atoms with E-state index in [1.54, 1.807) is 0 Å². The third-order valence-electron chi connectivity index (χ3n) is 4.89. The van der Waals surface area contributed by atoms with Crippen molar-refractivity contribution < 1.29 is 9.63 Å². The van der Waals surface area contributed by atoms with Crippen molar-refractivity contribution in [3.05, 3.63) is 71.5 Å². The summed E-state index contributed by atoms with van der Waals surface area (Å²) in [5.41, 5.74) is 3.04. The number of aromatic nitrogens is 2. The average Bonchev–Trinajstić information content (AvgIpc) is 3.28. The molecule has 3 rings (SSSR count). The Labute approximate surface area is 206 Å². The molecular weight excluding hydrogens is 517 g/mol. The van der Waals surface area contributed by atoms with Gasteiger partial charge in [0.1, 0.15) is 0 Å². The van der Waals surface area contributed by atoms with Crippen LogP contribution in [0.15, 0.2) is 64.1 Å². The number of halogens is 1. The lowest BCUT2D eigenvalue weighted by atomic mass is 10.0. The molecule has 0 saturated carbocycles. The molecule has 0 amide bonds. The van der Waals surface area contributed by atoms with Gasteiger partial charge < -0.3 is 20.3 Å². The van der Waals surface area contributed by atoms with Crippen LogP contribution in [-0.2, 0) is 13.0 Å². The molecule has 1 atom stereocenters. The molecule has 2 aromatic carbocycles. The van der Waals surface area contributed by atoms with Gasteiger partial charge >= 0.3 is 0 Å². The highest BCUT2D eigenvalue weighted by Gasteiger charge is 2.11. The molecule has 0 bridgehead atoms. The Morgan fingerprint density at radius 2 is 1.91 bits per heavy atom. The number of nitrogens with zero attached hydrogens (tertiary/aromatic N) is 3. The van der Waals surface area contributed by atoms with Crippen LogP contribution in [0.25, 0.3) is 11.5 Å². The van der Waals surface area contributed by atoms with Gasteiger partial charge in [0.25, 0.3) is 5.89 Å². The van der Waals surface area contributed by atoms with Gasteiger partial charge in [-0.3, -0.25) is 0 Å². The molecule has 0 aliphatic heterocycles. The van der Waals surface area contributed by atoms with Gasteiger partial charge in [-0.1, -0.05) is 54.5 Å². The van der Waals surface area contributed by atoms with E-state index in [-0.39, 0.29) is 36.5 Å². The summed E-state index contributed by atoms with van der Waals surface area (Å²) in [7, 11) is 0. The van der Waals surface area contributed by atoms with Gasteiger partial charge in [-0.25, -0.2) is 4.99 Å². The van der Waals surface area contributed by atoms with E-state index in [1.807, 2.05) is 61.5 Å². The summed E-state index contributed by atoms with van der Waals surface area (Å²) in [4.78, 5) is 9.16. The van der Waals surface area contributed by atoms with E-state index in [4.69, 9.17) is 9.52 Å². The summed E-state index contributed by atoms with van der Waals surface area (Å²) in [5, 5.41) is 20.4. The monoisotopic (exact) mass is 549 g/mol. The number of aliphatic hydroxyl groups is 1. The molecule has 3 aromatic rings. The van der Waals surface area contributed by atoms with E-state index < -0.39 is 0 Å². The van der Waals surface area contributed by atoms with Crippen molar-refractivity contribution in [2.75, 3.05) is 19.7 Å². The third kappa shape index (κ3) is 7.59. The van der Waals surface area contributed by atoms with E-state index in [1.165, 1.54) is 0 Å². The first kappa shape index (κ1) is 25.8. The predicted octanol–water partition coefficient (Wildman–Crippen LogP) is 4.14. The molecule has 7 nitrogen and oxygen atoms in total. The van der Waals surface area contributed by atoms with Crippen LogP contribution in [-0.4, -0.2) is 40.9 Å². The van der Waals surface area contributed by atoms with Crippen LogP contribution in [0, 0.1) is 0 Å². The fourth-order valence-corrected chi connectivity index (χ4v) is 3.24. The second kappa shape index (κ2) is 13.8. The molecule has 3 N–H and O–H groups in total. The predicted molar refractivity (Wildman–Crippen MR) is 138 cm³/mol. The molecule has 0 aliphatic rings. The molecule has 0 radical (unpaired) electrons. The summed E-state index contributed by atoms with van der Waals surface area (Å²) in [6.07, 6.45) is 1.79. The van der Waals surface area contributed by atoms with Crippen LogP contribution in [0.3, 0.4) is 0 Å². The molecule has 0 aliphatic carbocycles. The molecule has 172 valence electrons. The minimum Gasteiger partial charge on any atom is -0.396 e. The molecule has 8 heteroatoms. The van der Waals surface area contributed by atoms with Crippen molar-refractivity contribution in [1.29, 1.82) is 0 Å². The Kier molecular flexibility index (Phi) is 11.2. The fourth-order valence-electron chi connectivity index (χ4n) is 3.24. The number of hydrogen-bond acceptors (Lipinski definition) is 5. The first-order chi connectivity index (χ1) is 15.2. The molecule has 0 fully saturated rings. The largest absolute Gasteiger partial charge is 0.396 e. The highest BCUT2D eigenvalue weighted by molar-refractivity contribution is 14.0. The maximum atomic E-state index is 9.78. The van der Waals surface area contributed by atoms with Crippen LogP contribution in [0.2, 0.25) is 0 Å². The number of aryl methyl sites for hydroxylation is 1. The summed E-state index contributed by atoms with van der Waals surface area (Å²) in [6.45, 7) is 6.05. The number of hydrogen-bond donors (Lipinski definition) is 3. The quantitative estimate of drug-likeness (QED) is 0.200. The van der Waals surface area contributed by atoms with Crippen molar-refractivity contribution in [2.24, 2.45) is 4.99 Å². The van der Waals surface area contributed by atoms with Gasteiger partial charge in [0, 0.05) is 31.0 Å². The molecule has 0 saturated heterocycles. The Morgan fingerprint density at radius 3 is 2.62 bits per heavy atom. The Bertz CT molecular complexity index is 962. The second-order valence-corrected chi connectivity index (χ2v) is 7.33. The Balaban J connectivity index is 0.00000363. The molecule has 1 heterocycles. The molecule has 32 heavy (non-hydrogen) atoms. The highest BCUT2D eigenvalue weighted by Crippen LogP contribution is 2.19. The topological polar surface area (TPSA) is 95.6 Å². The molecule has 1 aromatic heterocycles. The molecule has 0 spiro atoms. The van der Waals surface area contributed by atoms with Crippen LogP contribution in [0.4, 0.5) is 0 Å². The van der Waals surface area contributed by atoms with Gasteiger partial charge in [0.05, 0.1) is 13.2 Å². The number of rotatable bonds is 10. The minimum atomic E-state index is 0. The van der Waals surface area contributed by atoms with Gasteiger partial charge in [-0.15, -0.1) is 24.0 Å². The molecular formula is C24H32IN5O2. The van der Waals surface area contributed by atoms with Crippen LogP contribution in [0.1, 0.15) is 43.1 Å². The van der Waals surface area contributed by atoms with E-state index in [0.29, 0.717) is 24.9 Å². The number of aliphatic imine (C=N–C) groups is 1. The van der Waals surface area contributed by atoms with Crippen molar-refractivity contribution in [2.45, 2.75) is 39.2 Å². The lowest BCUT2D eigenvalue weighted by Gasteiger charge is -2.18. The highest BCUT2D eigenvalue weighted by atomic mass is 127. The van der Waals surface area contributed by atoms with Gasteiger partial charge in [-0.05, 0) is 36.6 Å². The van der Waals surface area contributed by atoms with Gasteiger partial charge in [0.15, 0.2) is 11.8 Å². The van der Waals surface area contributed by atoms with Crippen molar-refractivity contribution in [3.8, 4) is 11.5 Å². The summed E-state index contributed by atoms with van der Waals surface area (Å²) >= 11 is 0. The standard InChI is InChI=1S/C24H31N5O2.HI/c1-3-9-22-28-23(31-29-22)20-13-8-10-18(14-20)15-26-24(25-4-2)27-16-21(17-30)19-11-6-5-7-12-19;/h5-8,10-14,21,30H,3-4,9,15-17H2,1-2H3,(H2,25,26,27);1H. The lowest BCUT2D eigenvalue weighted by Crippen LogP contribution is -2.39. The SMILES string of the molecule is CCCc1noc(-c2cccc(CN=C(NCC)NCC(CO)c3ccccc3)c2)n1.I. The number of guanidine groups is 1. The Morgan fingerprint density at radius 1 is 1.09 bits per heavy atom. The van der Waals surface area contributed by atoms with E-state index in [9.17, 15) is 5.11 Å². The van der Waals surface area contributed by atoms with Gasteiger partial charge in [-0.2, -0.15) is 4.98 Å². The zero-order valence-corrected chi connectivity index (χ0v) is 21.0. The van der Waals surface area contributed by atoms with Crippen molar-refractivity contribution >= 4 is 29.9 Å². The zero-order valence-electron chi connectivity index (χ0n) is 18.6. The first-order valence-electron chi connectivity index (χ1n) is 10.8. The average molecular weight is 549 g/mol.